The van der Waals surface area contributed by atoms with E-state index < -0.39 is 0 Å². The average Bonchev–Trinajstić information content (AvgIpc) is 3.10. The van der Waals surface area contributed by atoms with Crippen molar-refractivity contribution in [2.45, 2.75) is 19.8 Å². The lowest BCUT2D eigenvalue weighted by Crippen LogP contribution is -2.23. The zero-order valence-corrected chi connectivity index (χ0v) is 14.2. The lowest BCUT2D eigenvalue weighted by molar-refractivity contribution is -0.116. The van der Waals surface area contributed by atoms with Crippen molar-refractivity contribution in [2.24, 2.45) is 0 Å². The van der Waals surface area contributed by atoms with E-state index in [1.54, 1.807) is 6.92 Å². The van der Waals surface area contributed by atoms with Crippen molar-refractivity contribution < 1.29 is 4.79 Å². The molecule has 26 heavy (non-hydrogen) atoms. The first kappa shape index (κ1) is 16.0. The van der Waals surface area contributed by atoms with Crippen LogP contribution in [0.15, 0.2) is 53.6 Å². The molecular weight excluding hydrogens is 330 g/mol. The Morgan fingerprint density at radius 3 is 2.88 bits per heavy atom. The minimum atomic E-state index is -0.219. The van der Waals surface area contributed by atoms with Crippen molar-refractivity contribution in [2.75, 3.05) is 5.32 Å². The molecule has 1 amide bonds. The van der Waals surface area contributed by atoms with Gasteiger partial charge >= 0.3 is 0 Å². The maximum absolute atomic E-state index is 12.5. The molecule has 7 nitrogen and oxygen atoms in total. The Hall–Kier alpha value is -3.48. The van der Waals surface area contributed by atoms with Crippen LogP contribution in [0.3, 0.4) is 0 Å². The topological polar surface area (TPSA) is 92.2 Å². The summed E-state index contributed by atoms with van der Waals surface area (Å²) in [4.78, 5) is 33.1. The third kappa shape index (κ3) is 2.83. The highest BCUT2D eigenvalue weighted by Gasteiger charge is 2.13. The zero-order chi connectivity index (χ0) is 18.1. The van der Waals surface area contributed by atoms with E-state index in [4.69, 9.17) is 0 Å². The van der Waals surface area contributed by atoms with Gasteiger partial charge in [0.15, 0.2) is 0 Å². The SMILES string of the molecule is Cc1nc2nc[nH]n2c(=O)c1CCC(=O)Nc1cccc2ccccc12. The Kier molecular flexibility index (Phi) is 3.96. The van der Waals surface area contributed by atoms with Gasteiger partial charge in [-0.1, -0.05) is 36.4 Å². The second-order valence-electron chi connectivity index (χ2n) is 6.08. The fourth-order valence-electron chi connectivity index (χ4n) is 3.07. The zero-order valence-electron chi connectivity index (χ0n) is 14.2. The summed E-state index contributed by atoms with van der Waals surface area (Å²) in [6.45, 7) is 1.76. The number of fused-ring (bicyclic) bond motifs is 2. The van der Waals surface area contributed by atoms with E-state index in [0.29, 0.717) is 23.5 Å². The van der Waals surface area contributed by atoms with Gasteiger partial charge in [-0.3, -0.25) is 14.7 Å². The van der Waals surface area contributed by atoms with E-state index in [1.165, 1.54) is 10.8 Å². The van der Waals surface area contributed by atoms with Crippen LogP contribution in [0.2, 0.25) is 0 Å². The molecule has 0 saturated carbocycles. The number of aromatic amines is 1. The minimum absolute atomic E-state index is 0.144. The quantitative estimate of drug-likeness (QED) is 0.593. The lowest BCUT2D eigenvalue weighted by atomic mass is 10.1. The number of anilines is 1. The number of aryl methyl sites for hydroxylation is 1. The first-order chi connectivity index (χ1) is 12.6. The number of aromatic nitrogens is 4. The van der Waals surface area contributed by atoms with Crippen LogP contribution in [0.25, 0.3) is 16.6 Å². The molecule has 0 aliphatic rings. The normalized spacial score (nSPS) is 11.1. The Morgan fingerprint density at radius 2 is 2.00 bits per heavy atom. The van der Waals surface area contributed by atoms with Crippen molar-refractivity contribution in [1.29, 1.82) is 0 Å². The maximum atomic E-state index is 12.5. The molecule has 0 spiro atoms. The molecule has 4 aromatic rings. The molecule has 2 N–H and O–H groups in total. The number of rotatable bonds is 4. The molecule has 0 aliphatic carbocycles. The highest BCUT2D eigenvalue weighted by molar-refractivity contribution is 6.02. The fraction of sp³-hybridized carbons (Fsp3) is 0.158. The van der Waals surface area contributed by atoms with Crippen LogP contribution in [0, 0.1) is 6.92 Å². The van der Waals surface area contributed by atoms with Crippen molar-refractivity contribution in [3.8, 4) is 0 Å². The molecule has 0 aliphatic heterocycles. The van der Waals surface area contributed by atoms with Gasteiger partial charge < -0.3 is 5.32 Å². The van der Waals surface area contributed by atoms with Gasteiger partial charge in [0.1, 0.15) is 6.33 Å². The molecule has 2 heterocycles. The second-order valence-corrected chi connectivity index (χ2v) is 6.08. The van der Waals surface area contributed by atoms with Gasteiger partial charge in [-0.15, -0.1) is 0 Å². The van der Waals surface area contributed by atoms with Crippen LogP contribution in [0.5, 0.6) is 0 Å². The van der Waals surface area contributed by atoms with E-state index in [9.17, 15) is 9.59 Å². The largest absolute Gasteiger partial charge is 0.326 e. The smallest absolute Gasteiger partial charge is 0.277 e. The van der Waals surface area contributed by atoms with Gasteiger partial charge in [-0.05, 0) is 24.8 Å². The summed E-state index contributed by atoms with van der Waals surface area (Å²) in [7, 11) is 0. The van der Waals surface area contributed by atoms with Crippen LogP contribution in [0.4, 0.5) is 5.69 Å². The third-order valence-corrected chi connectivity index (χ3v) is 4.40. The van der Waals surface area contributed by atoms with Crippen LogP contribution in [-0.2, 0) is 11.2 Å². The number of carbonyl (C=O) groups excluding carboxylic acids is 1. The van der Waals surface area contributed by atoms with Gasteiger partial charge in [0.2, 0.25) is 5.91 Å². The second kappa shape index (κ2) is 6.44. The summed E-state index contributed by atoms with van der Waals surface area (Å²) in [6.07, 6.45) is 1.93. The first-order valence-corrected chi connectivity index (χ1v) is 8.33. The molecule has 0 bridgehead atoms. The summed E-state index contributed by atoms with van der Waals surface area (Å²) in [5, 5.41) is 7.72. The van der Waals surface area contributed by atoms with Crippen LogP contribution in [0.1, 0.15) is 17.7 Å². The van der Waals surface area contributed by atoms with Crippen molar-refractivity contribution in [3.63, 3.8) is 0 Å². The van der Waals surface area contributed by atoms with Gasteiger partial charge in [0.25, 0.3) is 11.3 Å². The number of H-pyrrole nitrogens is 1. The molecule has 0 fully saturated rings. The molecule has 7 heteroatoms. The van der Waals surface area contributed by atoms with Gasteiger partial charge in [0.05, 0.1) is 5.69 Å². The third-order valence-electron chi connectivity index (χ3n) is 4.40. The molecule has 0 atom stereocenters. The number of carbonyl (C=O) groups is 1. The number of benzene rings is 2. The summed E-state index contributed by atoms with van der Waals surface area (Å²) in [5.41, 5.74) is 1.66. The van der Waals surface area contributed by atoms with Crippen molar-refractivity contribution in [3.05, 3.63) is 70.4 Å². The van der Waals surface area contributed by atoms with E-state index >= 15 is 0 Å². The summed E-state index contributed by atoms with van der Waals surface area (Å²) in [6, 6.07) is 13.7. The Labute approximate surface area is 148 Å². The number of nitrogens with zero attached hydrogens (tertiary/aromatic N) is 3. The molecule has 0 unspecified atom stereocenters. The number of nitrogens with one attached hydrogen (secondary N) is 2. The summed E-state index contributed by atoms with van der Waals surface area (Å²) < 4.78 is 1.28. The van der Waals surface area contributed by atoms with Gasteiger partial charge in [0, 0.05) is 23.1 Å². The summed E-state index contributed by atoms with van der Waals surface area (Å²) >= 11 is 0. The molecule has 0 saturated heterocycles. The van der Waals surface area contributed by atoms with E-state index in [0.717, 1.165) is 16.5 Å². The van der Waals surface area contributed by atoms with Crippen LogP contribution in [-0.4, -0.2) is 25.5 Å². The number of hydrogen-bond donors (Lipinski definition) is 2. The maximum Gasteiger partial charge on any atom is 0.277 e. The standard InChI is InChI=1S/C19H17N5O2/c1-12-14(18(26)24-19(22-12)20-11-21-24)9-10-17(25)23-16-8-4-6-13-5-2-3-7-15(13)16/h2-8,11H,9-10H2,1H3,(H,23,25)(H,20,21,22). The molecule has 4 rings (SSSR count). The predicted octanol–water partition coefficient (Wildman–Crippen LogP) is 2.45. The lowest BCUT2D eigenvalue weighted by Gasteiger charge is -2.09. The monoisotopic (exact) mass is 347 g/mol. The van der Waals surface area contributed by atoms with E-state index in [2.05, 4.69) is 20.4 Å². The molecule has 2 aromatic heterocycles. The Balaban J connectivity index is 1.53. The highest BCUT2D eigenvalue weighted by Crippen LogP contribution is 2.23. The molecular formula is C19H17N5O2. The highest BCUT2D eigenvalue weighted by atomic mass is 16.1. The van der Waals surface area contributed by atoms with Crippen LogP contribution < -0.4 is 10.9 Å². The van der Waals surface area contributed by atoms with Crippen LogP contribution >= 0.6 is 0 Å². The molecule has 0 radical (unpaired) electrons. The van der Waals surface area contributed by atoms with Gasteiger partial charge in [-0.2, -0.15) is 4.52 Å². The fourth-order valence-corrected chi connectivity index (χ4v) is 3.07. The van der Waals surface area contributed by atoms with Crippen molar-refractivity contribution in [1.82, 2.24) is 19.6 Å². The summed E-state index contributed by atoms with van der Waals surface area (Å²) in [5.74, 6) is 0.186. The minimum Gasteiger partial charge on any atom is -0.326 e. The average molecular weight is 347 g/mol. The number of hydrogen-bond acceptors (Lipinski definition) is 4. The van der Waals surface area contributed by atoms with Gasteiger partial charge in [-0.25, -0.2) is 9.97 Å². The molecule has 2 aromatic carbocycles. The Bertz CT molecular complexity index is 1170. The van der Waals surface area contributed by atoms with E-state index in [-0.39, 0.29) is 17.9 Å². The number of amides is 1. The predicted molar refractivity (Wildman–Crippen MR) is 99.2 cm³/mol. The molecule has 130 valence electrons. The van der Waals surface area contributed by atoms with Crippen molar-refractivity contribution >= 4 is 28.1 Å². The van der Waals surface area contributed by atoms with E-state index in [1.807, 2.05) is 42.5 Å². The first-order valence-electron chi connectivity index (χ1n) is 8.33. The Morgan fingerprint density at radius 1 is 1.19 bits per heavy atom.